The molecule has 0 aromatic carbocycles. The number of carbonyl (C=O) groups is 2. The van der Waals surface area contributed by atoms with Crippen LogP contribution < -0.4 is 11.1 Å². The summed E-state index contributed by atoms with van der Waals surface area (Å²) < 4.78 is 0. The van der Waals surface area contributed by atoms with Crippen LogP contribution in [0.4, 0.5) is 0 Å². The molecule has 0 unspecified atom stereocenters. The average molecular weight is 130 g/mol. The first-order chi connectivity index (χ1) is 4.00. The lowest BCUT2D eigenvalue weighted by atomic mass is 10.1. The van der Waals surface area contributed by atoms with E-state index in [2.05, 4.69) is 5.32 Å². The summed E-state index contributed by atoms with van der Waals surface area (Å²) >= 11 is 0. The smallest absolute Gasteiger partial charge is 0.242 e. The Kier molecular flexibility index (Phi) is 2.19. The topological polar surface area (TPSA) is 72.2 Å². The maximum atomic E-state index is 10.4. The maximum absolute atomic E-state index is 10.4. The highest BCUT2D eigenvalue weighted by atomic mass is 16.2. The minimum absolute atomic E-state index is 0.449. The molecule has 0 aliphatic rings. The number of hydrogen-bond acceptors (Lipinski definition) is 2. The molecule has 52 valence electrons. The van der Waals surface area contributed by atoms with Gasteiger partial charge in [-0.05, 0) is 13.8 Å². The number of nitrogens with two attached hydrogens (primary N) is 1. The Morgan fingerprint density at radius 2 is 2.11 bits per heavy atom. The van der Waals surface area contributed by atoms with E-state index in [1.165, 1.54) is 13.8 Å². The lowest BCUT2D eigenvalue weighted by Gasteiger charge is -2.18. The molecule has 0 aliphatic carbocycles. The molecule has 0 radical (unpaired) electrons. The lowest BCUT2D eigenvalue weighted by molar-refractivity contribution is -0.126. The molecule has 4 heteroatoms. The third-order valence-electron chi connectivity index (χ3n) is 1.04. The van der Waals surface area contributed by atoms with Crippen molar-refractivity contribution in [2.24, 2.45) is 5.73 Å². The Morgan fingerprint density at radius 1 is 1.67 bits per heavy atom. The van der Waals surface area contributed by atoms with Crippen LogP contribution in [-0.2, 0) is 9.59 Å². The Hall–Kier alpha value is -1.06. The molecular formula is C5H10N2O2. The van der Waals surface area contributed by atoms with E-state index < -0.39 is 11.4 Å². The number of carbonyl (C=O) groups excluding carboxylic acids is 2. The van der Waals surface area contributed by atoms with Crippen molar-refractivity contribution in [1.82, 2.24) is 5.32 Å². The highest BCUT2D eigenvalue weighted by Gasteiger charge is 2.22. The van der Waals surface area contributed by atoms with Gasteiger partial charge in [-0.1, -0.05) is 0 Å². The second-order valence-corrected chi connectivity index (χ2v) is 2.25. The molecule has 0 aliphatic heterocycles. The zero-order valence-corrected chi connectivity index (χ0v) is 5.47. The molecule has 0 heterocycles. The fourth-order valence-corrected chi connectivity index (χ4v) is 0.218. The standard InChI is InChI=1S/C5H10N2O2/c1-5(2,4(6)9)7-3-8/h3H,1-2H3,(H2,6,9)(H,7,8). The van der Waals surface area contributed by atoms with E-state index in [0.29, 0.717) is 6.41 Å². The average Bonchev–Trinajstić information content (AvgIpc) is 1.65. The van der Waals surface area contributed by atoms with Gasteiger partial charge in [0.1, 0.15) is 5.54 Å². The van der Waals surface area contributed by atoms with Gasteiger partial charge in [-0.15, -0.1) is 0 Å². The van der Waals surface area contributed by atoms with E-state index in [0.717, 1.165) is 0 Å². The molecule has 0 bridgehead atoms. The minimum atomic E-state index is -0.929. The quantitative estimate of drug-likeness (QED) is 0.481. The Balaban J connectivity index is 4.00. The van der Waals surface area contributed by atoms with Crippen molar-refractivity contribution in [1.29, 1.82) is 0 Å². The van der Waals surface area contributed by atoms with Crippen LogP contribution in [0.3, 0.4) is 0 Å². The summed E-state index contributed by atoms with van der Waals surface area (Å²) in [7, 11) is 0. The first-order valence-corrected chi connectivity index (χ1v) is 2.52. The minimum Gasteiger partial charge on any atom is -0.368 e. The normalized spacial score (nSPS) is 10.4. The van der Waals surface area contributed by atoms with Gasteiger partial charge in [-0.2, -0.15) is 0 Å². The molecule has 4 nitrogen and oxygen atoms in total. The summed E-state index contributed by atoms with van der Waals surface area (Å²) in [5.74, 6) is -0.547. The number of nitrogens with one attached hydrogen (secondary N) is 1. The number of primary amides is 1. The van der Waals surface area contributed by atoms with Crippen LogP contribution in [0.1, 0.15) is 13.8 Å². The first-order valence-electron chi connectivity index (χ1n) is 2.52. The van der Waals surface area contributed by atoms with Gasteiger partial charge in [0.25, 0.3) is 0 Å². The molecule has 2 amide bonds. The summed E-state index contributed by atoms with van der Waals surface area (Å²) in [6.45, 7) is 3.06. The van der Waals surface area contributed by atoms with Gasteiger partial charge in [0.2, 0.25) is 12.3 Å². The van der Waals surface area contributed by atoms with Gasteiger partial charge < -0.3 is 11.1 Å². The van der Waals surface area contributed by atoms with E-state index in [4.69, 9.17) is 5.73 Å². The van der Waals surface area contributed by atoms with Gasteiger partial charge in [0.15, 0.2) is 0 Å². The predicted molar refractivity (Wildman–Crippen MR) is 32.5 cm³/mol. The lowest BCUT2D eigenvalue weighted by Crippen LogP contribution is -2.49. The highest BCUT2D eigenvalue weighted by molar-refractivity contribution is 5.85. The molecule has 3 N–H and O–H groups in total. The third-order valence-corrected chi connectivity index (χ3v) is 1.04. The molecule has 9 heavy (non-hydrogen) atoms. The van der Waals surface area contributed by atoms with E-state index >= 15 is 0 Å². The van der Waals surface area contributed by atoms with Gasteiger partial charge in [-0.25, -0.2) is 0 Å². The summed E-state index contributed by atoms with van der Waals surface area (Å²) in [6.07, 6.45) is 0.449. The third kappa shape index (κ3) is 2.12. The molecule has 0 fully saturated rings. The van der Waals surface area contributed by atoms with Crippen molar-refractivity contribution in [3.05, 3.63) is 0 Å². The molecule has 0 aromatic heterocycles. The molecule has 0 saturated carbocycles. The van der Waals surface area contributed by atoms with E-state index in [1.54, 1.807) is 0 Å². The second kappa shape index (κ2) is 2.48. The van der Waals surface area contributed by atoms with Crippen LogP contribution in [-0.4, -0.2) is 17.9 Å². The van der Waals surface area contributed by atoms with Crippen LogP contribution in [0.25, 0.3) is 0 Å². The number of amides is 2. The largest absolute Gasteiger partial charge is 0.368 e. The molecule has 0 saturated heterocycles. The van der Waals surface area contributed by atoms with Crippen molar-refractivity contribution < 1.29 is 9.59 Å². The van der Waals surface area contributed by atoms with Crippen molar-refractivity contribution in [3.63, 3.8) is 0 Å². The summed E-state index contributed by atoms with van der Waals surface area (Å²) in [4.78, 5) is 20.2. The molecule has 0 atom stereocenters. The Labute approximate surface area is 53.4 Å². The van der Waals surface area contributed by atoms with Crippen LogP contribution in [0.15, 0.2) is 0 Å². The molecule has 0 aromatic rings. The van der Waals surface area contributed by atoms with Crippen LogP contribution in [0.5, 0.6) is 0 Å². The number of hydrogen-bond donors (Lipinski definition) is 2. The monoisotopic (exact) mass is 130 g/mol. The van der Waals surface area contributed by atoms with Gasteiger partial charge in [0, 0.05) is 0 Å². The second-order valence-electron chi connectivity index (χ2n) is 2.25. The predicted octanol–water partition coefficient (Wildman–Crippen LogP) is -1.00. The summed E-state index contributed by atoms with van der Waals surface area (Å²) in [5, 5.41) is 2.27. The SMILES string of the molecule is CC(C)(NC=O)C(N)=O. The van der Waals surface area contributed by atoms with E-state index in [1.807, 2.05) is 0 Å². The van der Waals surface area contributed by atoms with Gasteiger partial charge in [0.05, 0.1) is 0 Å². The zero-order chi connectivity index (χ0) is 7.49. The molecule has 0 spiro atoms. The van der Waals surface area contributed by atoms with Gasteiger partial charge in [-0.3, -0.25) is 9.59 Å². The summed E-state index contributed by atoms with van der Waals surface area (Å²) in [5.41, 5.74) is 3.97. The zero-order valence-electron chi connectivity index (χ0n) is 5.47. The van der Waals surface area contributed by atoms with E-state index in [9.17, 15) is 9.59 Å². The van der Waals surface area contributed by atoms with E-state index in [-0.39, 0.29) is 0 Å². The van der Waals surface area contributed by atoms with Crippen LogP contribution >= 0.6 is 0 Å². The van der Waals surface area contributed by atoms with Crippen LogP contribution in [0.2, 0.25) is 0 Å². The summed E-state index contributed by atoms with van der Waals surface area (Å²) in [6, 6.07) is 0. The fraction of sp³-hybridized carbons (Fsp3) is 0.600. The van der Waals surface area contributed by atoms with Crippen molar-refractivity contribution in [2.45, 2.75) is 19.4 Å². The van der Waals surface area contributed by atoms with Crippen molar-refractivity contribution >= 4 is 12.3 Å². The number of rotatable bonds is 3. The Bertz CT molecular complexity index is 131. The first kappa shape index (κ1) is 7.94. The Morgan fingerprint density at radius 3 is 2.22 bits per heavy atom. The van der Waals surface area contributed by atoms with Gasteiger partial charge >= 0.3 is 0 Å². The molecule has 0 rings (SSSR count). The molecular weight excluding hydrogens is 120 g/mol. The highest BCUT2D eigenvalue weighted by Crippen LogP contribution is 1.96. The van der Waals surface area contributed by atoms with Crippen molar-refractivity contribution in [2.75, 3.05) is 0 Å². The fourth-order valence-electron chi connectivity index (χ4n) is 0.218. The maximum Gasteiger partial charge on any atom is 0.242 e. The van der Waals surface area contributed by atoms with Crippen LogP contribution in [0, 0.1) is 0 Å². The van der Waals surface area contributed by atoms with Crippen molar-refractivity contribution in [3.8, 4) is 0 Å².